The standard InChI is InChI=1S/C13H15N3O4S/c1-3-9-7(2)21-13(15-9)16-12(19)14-6-8-4-5-10(20-8)11(17)18/h4-5H,3,6H2,1-2H3,(H,17,18)(H2,14,15,16,19). The van der Waals surface area contributed by atoms with Crippen molar-refractivity contribution in [3.05, 3.63) is 34.2 Å². The first kappa shape index (κ1) is 15.0. The average molecular weight is 309 g/mol. The van der Waals surface area contributed by atoms with Crippen LogP contribution in [0, 0.1) is 6.92 Å². The van der Waals surface area contributed by atoms with Gasteiger partial charge in [-0.1, -0.05) is 6.92 Å². The van der Waals surface area contributed by atoms with E-state index in [1.807, 2.05) is 13.8 Å². The first-order valence-corrected chi connectivity index (χ1v) is 7.14. The van der Waals surface area contributed by atoms with Crippen molar-refractivity contribution in [1.82, 2.24) is 10.3 Å². The van der Waals surface area contributed by atoms with Gasteiger partial charge in [-0.25, -0.2) is 14.6 Å². The number of nitrogens with one attached hydrogen (secondary N) is 2. The molecule has 2 heterocycles. The number of aryl methyl sites for hydroxylation is 2. The van der Waals surface area contributed by atoms with Gasteiger partial charge in [-0.3, -0.25) is 5.32 Å². The molecule has 0 unspecified atom stereocenters. The summed E-state index contributed by atoms with van der Waals surface area (Å²) in [4.78, 5) is 27.7. The van der Waals surface area contributed by atoms with Crippen LogP contribution in [0.15, 0.2) is 16.5 Å². The SMILES string of the molecule is CCc1nc(NC(=O)NCc2ccc(C(=O)O)o2)sc1C. The zero-order chi connectivity index (χ0) is 15.4. The largest absolute Gasteiger partial charge is 0.475 e. The number of carbonyl (C=O) groups excluding carboxylic acids is 1. The van der Waals surface area contributed by atoms with Gasteiger partial charge in [0.2, 0.25) is 5.76 Å². The molecule has 3 N–H and O–H groups in total. The average Bonchev–Trinajstić information content (AvgIpc) is 3.03. The molecule has 0 fully saturated rings. The van der Waals surface area contributed by atoms with E-state index in [1.165, 1.54) is 23.5 Å². The number of aromatic carboxylic acids is 1. The monoisotopic (exact) mass is 309 g/mol. The van der Waals surface area contributed by atoms with E-state index in [9.17, 15) is 9.59 Å². The highest BCUT2D eigenvalue weighted by molar-refractivity contribution is 7.15. The molecule has 21 heavy (non-hydrogen) atoms. The number of carboxylic acid groups (broad SMARTS) is 1. The second kappa shape index (κ2) is 6.40. The lowest BCUT2D eigenvalue weighted by molar-refractivity contribution is 0.0660. The smallest absolute Gasteiger partial charge is 0.371 e. The normalized spacial score (nSPS) is 10.4. The Morgan fingerprint density at radius 1 is 1.43 bits per heavy atom. The van der Waals surface area contributed by atoms with Gasteiger partial charge in [0.15, 0.2) is 5.13 Å². The quantitative estimate of drug-likeness (QED) is 0.787. The fourth-order valence-corrected chi connectivity index (χ4v) is 2.60. The second-order valence-corrected chi connectivity index (χ2v) is 5.46. The highest BCUT2D eigenvalue weighted by atomic mass is 32.1. The van der Waals surface area contributed by atoms with Crippen LogP contribution < -0.4 is 10.6 Å². The number of anilines is 1. The Hall–Kier alpha value is -2.35. The molecule has 2 aromatic heterocycles. The zero-order valence-corrected chi connectivity index (χ0v) is 12.4. The molecule has 0 atom stereocenters. The number of nitrogens with zero attached hydrogens (tertiary/aromatic N) is 1. The van der Waals surface area contributed by atoms with Crippen LogP contribution in [0.1, 0.15) is 33.8 Å². The van der Waals surface area contributed by atoms with E-state index in [0.717, 1.165) is 17.0 Å². The Morgan fingerprint density at radius 2 is 2.19 bits per heavy atom. The van der Waals surface area contributed by atoms with Crippen molar-refractivity contribution < 1.29 is 19.1 Å². The second-order valence-electron chi connectivity index (χ2n) is 4.25. The summed E-state index contributed by atoms with van der Waals surface area (Å²) < 4.78 is 5.03. The van der Waals surface area contributed by atoms with Gasteiger partial charge in [0.1, 0.15) is 5.76 Å². The Kier molecular flexibility index (Phi) is 4.59. The molecule has 2 aromatic rings. The highest BCUT2D eigenvalue weighted by Gasteiger charge is 2.11. The molecule has 7 nitrogen and oxygen atoms in total. The minimum absolute atomic E-state index is 0.101. The Balaban J connectivity index is 1.87. The van der Waals surface area contributed by atoms with E-state index in [4.69, 9.17) is 9.52 Å². The highest BCUT2D eigenvalue weighted by Crippen LogP contribution is 2.22. The zero-order valence-electron chi connectivity index (χ0n) is 11.6. The van der Waals surface area contributed by atoms with Crippen molar-refractivity contribution in [2.24, 2.45) is 0 Å². The summed E-state index contributed by atoms with van der Waals surface area (Å²) in [7, 11) is 0. The Bertz CT molecular complexity index is 662. The lowest BCUT2D eigenvalue weighted by Crippen LogP contribution is -2.27. The van der Waals surface area contributed by atoms with Crippen LogP contribution in [0.3, 0.4) is 0 Å². The van der Waals surface area contributed by atoms with Gasteiger partial charge in [0, 0.05) is 4.88 Å². The van der Waals surface area contributed by atoms with Crippen LogP contribution in [-0.2, 0) is 13.0 Å². The third kappa shape index (κ3) is 3.82. The molecule has 112 valence electrons. The van der Waals surface area contributed by atoms with E-state index in [0.29, 0.717) is 10.9 Å². The van der Waals surface area contributed by atoms with Crippen molar-refractivity contribution in [2.75, 3.05) is 5.32 Å². The van der Waals surface area contributed by atoms with Gasteiger partial charge in [0.25, 0.3) is 0 Å². The number of thiazole rings is 1. The van der Waals surface area contributed by atoms with Crippen LogP contribution in [0.4, 0.5) is 9.93 Å². The summed E-state index contributed by atoms with van der Waals surface area (Å²) in [6.07, 6.45) is 0.815. The van der Waals surface area contributed by atoms with Crippen molar-refractivity contribution in [3.8, 4) is 0 Å². The van der Waals surface area contributed by atoms with Gasteiger partial charge in [-0.2, -0.15) is 0 Å². The number of aromatic nitrogens is 1. The Labute approximate surface area is 125 Å². The van der Waals surface area contributed by atoms with E-state index in [2.05, 4.69) is 15.6 Å². The van der Waals surface area contributed by atoms with Crippen molar-refractivity contribution in [2.45, 2.75) is 26.8 Å². The molecule has 0 aliphatic heterocycles. The number of amides is 2. The van der Waals surface area contributed by atoms with Crippen LogP contribution in [0.5, 0.6) is 0 Å². The van der Waals surface area contributed by atoms with Crippen LogP contribution in [0.25, 0.3) is 0 Å². The summed E-state index contributed by atoms with van der Waals surface area (Å²) in [6, 6.07) is 2.43. The number of carboxylic acids is 1. The predicted octanol–water partition coefficient (Wildman–Crippen LogP) is 2.63. The summed E-state index contributed by atoms with van der Waals surface area (Å²) in [6.45, 7) is 4.06. The number of hydrogen-bond donors (Lipinski definition) is 3. The minimum atomic E-state index is -1.14. The molecular weight excluding hydrogens is 294 g/mol. The van der Waals surface area contributed by atoms with Gasteiger partial charge in [-0.15, -0.1) is 11.3 Å². The predicted molar refractivity (Wildman–Crippen MR) is 77.8 cm³/mol. The first-order valence-electron chi connectivity index (χ1n) is 6.32. The summed E-state index contributed by atoms with van der Waals surface area (Å²) in [5.74, 6) is -0.932. The Morgan fingerprint density at radius 3 is 2.76 bits per heavy atom. The molecule has 0 saturated carbocycles. The molecular formula is C13H15N3O4S. The molecule has 8 heteroatoms. The van der Waals surface area contributed by atoms with E-state index >= 15 is 0 Å². The van der Waals surface area contributed by atoms with Gasteiger partial charge in [-0.05, 0) is 25.5 Å². The van der Waals surface area contributed by atoms with Crippen LogP contribution >= 0.6 is 11.3 Å². The maximum Gasteiger partial charge on any atom is 0.371 e. The fourth-order valence-electron chi connectivity index (χ4n) is 1.71. The molecule has 0 spiro atoms. The van der Waals surface area contributed by atoms with Crippen molar-refractivity contribution in [3.63, 3.8) is 0 Å². The molecule has 0 aliphatic carbocycles. The summed E-state index contributed by atoms with van der Waals surface area (Å²) in [5.41, 5.74) is 0.965. The first-order chi connectivity index (χ1) is 9.99. The van der Waals surface area contributed by atoms with E-state index in [1.54, 1.807) is 0 Å². The molecule has 0 aromatic carbocycles. The van der Waals surface area contributed by atoms with Gasteiger partial charge >= 0.3 is 12.0 Å². The number of furan rings is 1. The lowest BCUT2D eigenvalue weighted by Gasteiger charge is -2.03. The number of carbonyl (C=O) groups is 2. The van der Waals surface area contributed by atoms with E-state index < -0.39 is 12.0 Å². The van der Waals surface area contributed by atoms with Crippen LogP contribution in [-0.4, -0.2) is 22.1 Å². The maximum absolute atomic E-state index is 11.7. The number of urea groups is 1. The number of hydrogen-bond acceptors (Lipinski definition) is 5. The molecule has 2 rings (SSSR count). The maximum atomic E-state index is 11.7. The molecule has 0 aliphatic rings. The van der Waals surface area contributed by atoms with Gasteiger partial charge < -0.3 is 14.8 Å². The van der Waals surface area contributed by atoms with Gasteiger partial charge in [0.05, 0.1) is 12.2 Å². The molecule has 2 amide bonds. The van der Waals surface area contributed by atoms with Crippen LogP contribution in [0.2, 0.25) is 0 Å². The van der Waals surface area contributed by atoms with Crippen molar-refractivity contribution >= 4 is 28.5 Å². The minimum Gasteiger partial charge on any atom is -0.475 e. The molecule has 0 saturated heterocycles. The molecule has 0 radical (unpaired) electrons. The third-order valence-corrected chi connectivity index (χ3v) is 3.67. The fraction of sp³-hybridized carbons (Fsp3) is 0.308. The summed E-state index contributed by atoms with van der Waals surface area (Å²) in [5, 5.41) is 14.5. The lowest BCUT2D eigenvalue weighted by atomic mass is 10.3. The number of rotatable bonds is 5. The third-order valence-electron chi connectivity index (χ3n) is 2.74. The molecule has 0 bridgehead atoms. The topological polar surface area (TPSA) is 104 Å². The summed E-state index contributed by atoms with van der Waals surface area (Å²) >= 11 is 1.41. The van der Waals surface area contributed by atoms with E-state index in [-0.39, 0.29) is 12.3 Å². The van der Waals surface area contributed by atoms with Crippen molar-refractivity contribution in [1.29, 1.82) is 0 Å².